The highest BCUT2D eigenvalue weighted by Crippen LogP contribution is 2.34. The molecule has 0 spiro atoms. The number of anilines is 1. The van der Waals surface area contributed by atoms with Crippen molar-refractivity contribution in [2.45, 2.75) is 62.4 Å². The Bertz CT molecular complexity index is 789. The molecular weight excluding hydrogens is 391 g/mol. The lowest BCUT2D eigenvalue weighted by molar-refractivity contribution is -0.115. The van der Waals surface area contributed by atoms with E-state index in [0.717, 1.165) is 23.8 Å². The van der Waals surface area contributed by atoms with E-state index in [1.54, 1.807) is 18.2 Å². The molecule has 1 aliphatic rings. The van der Waals surface area contributed by atoms with E-state index in [9.17, 15) is 4.79 Å². The van der Waals surface area contributed by atoms with Gasteiger partial charge in [0.25, 0.3) is 0 Å². The summed E-state index contributed by atoms with van der Waals surface area (Å²) >= 11 is 13.5. The Balaban J connectivity index is 1.70. The van der Waals surface area contributed by atoms with Crippen LogP contribution in [-0.2, 0) is 4.79 Å². The molecule has 1 atom stereocenters. The number of benzene rings is 1. The molecule has 0 saturated heterocycles. The molecule has 1 saturated carbocycles. The molecule has 0 aliphatic heterocycles. The smallest absolute Gasteiger partial charge is 0.237 e. The number of nitrogens with one attached hydrogen (secondary N) is 1. The van der Waals surface area contributed by atoms with Crippen molar-refractivity contribution in [1.82, 2.24) is 14.8 Å². The van der Waals surface area contributed by atoms with Crippen LogP contribution in [-0.4, -0.2) is 25.9 Å². The highest BCUT2D eigenvalue weighted by atomic mass is 35.5. The van der Waals surface area contributed by atoms with Gasteiger partial charge in [0.2, 0.25) is 5.91 Å². The molecule has 5 nitrogen and oxygen atoms in total. The van der Waals surface area contributed by atoms with Gasteiger partial charge in [-0.2, -0.15) is 0 Å². The second-order valence-electron chi connectivity index (χ2n) is 6.57. The second-order valence-corrected chi connectivity index (χ2v) is 8.72. The molecule has 140 valence electrons. The number of carbonyl (C=O) groups excluding carboxylic acids is 1. The lowest BCUT2D eigenvalue weighted by Gasteiger charge is -2.25. The van der Waals surface area contributed by atoms with Crippen LogP contribution in [0.15, 0.2) is 23.4 Å². The van der Waals surface area contributed by atoms with Gasteiger partial charge in [-0.15, -0.1) is 10.2 Å². The minimum atomic E-state index is -0.337. The molecule has 1 aliphatic carbocycles. The average Bonchev–Trinajstić information content (AvgIpc) is 2.99. The fraction of sp³-hybridized carbons (Fsp3) is 0.500. The maximum Gasteiger partial charge on any atom is 0.237 e. The zero-order valence-electron chi connectivity index (χ0n) is 14.8. The van der Waals surface area contributed by atoms with Gasteiger partial charge in [-0.3, -0.25) is 4.79 Å². The second kappa shape index (κ2) is 8.63. The van der Waals surface area contributed by atoms with Crippen LogP contribution in [0, 0.1) is 6.92 Å². The van der Waals surface area contributed by atoms with Crippen LogP contribution in [0.25, 0.3) is 0 Å². The Kier molecular flexibility index (Phi) is 6.48. The summed E-state index contributed by atoms with van der Waals surface area (Å²) in [6.07, 6.45) is 6.04. The van der Waals surface area contributed by atoms with Crippen molar-refractivity contribution in [2.24, 2.45) is 0 Å². The molecule has 2 aromatic rings. The summed E-state index contributed by atoms with van der Waals surface area (Å²) in [4.78, 5) is 12.6. The Morgan fingerprint density at radius 2 is 2.00 bits per heavy atom. The maximum absolute atomic E-state index is 12.6. The molecule has 3 rings (SSSR count). The first kappa shape index (κ1) is 19.5. The highest BCUT2D eigenvalue weighted by Gasteiger charge is 2.24. The van der Waals surface area contributed by atoms with Crippen LogP contribution in [0.4, 0.5) is 5.69 Å². The third-order valence-electron chi connectivity index (χ3n) is 4.61. The minimum Gasteiger partial charge on any atom is -0.324 e. The van der Waals surface area contributed by atoms with Gasteiger partial charge in [0.15, 0.2) is 5.16 Å². The third kappa shape index (κ3) is 4.53. The summed E-state index contributed by atoms with van der Waals surface area (Å²) in [5.74, 6) is 0.764. The van der Waals surface area contributed by atoms with Gasteiger partial charge in [-0.1, -0.05) is 54.2 Å². The lowest BCUT2D eigenvalue weighted by atomic mass is 9.95. The van der Waals surface area contributed by atoms with E-state index in [0.29, 0.717) is 21.8 Å². The van der Waals surface area contributed by atoms with Crippen LogP contribution in [0.1, 0.15) is 50.9 Å². The Morgan fingerprint density at radius 1 is 1.27 bits per heavy atom. The number of nitrogens with zero attached hydrogens (tertiary/aromatic N) is 3. The summed E-state index contributed by atoms with van der Waals surface area (Å²) in [6, 6.07) is 5.43. The molecule has 1 aromatic carbocycles. The van der Waals surface area contributed by atoms with Crippen LogP contribution >= 0.6 is 35.0 Å². The molecule has 0 unspecified atom stereocenters. The molecule has 1 N–H and O–H groups in total. The number of amides is 1. The van der Waals surface area contributed by atoms with Crippen LogP contribution < -0.4 is 5.32 Å². The Morgan fingerprint density at radius 3 is 2.73 bits per heavy atom. The van der Waals surface area contributed by atoms with E-state index >= 15 is 0 Å². The molecule has 0 radical (unpaired) electrons. The van der Waals surface area contributed by atoms with Crippen LogP contribution in [0.3, 0.4) is 0 Å². The first-order valence-electron chi connectivity index (χ1n) is 8.80. The zero-order chi connectivity index (χ0) is 18.7. The summed E-state index contributed by atoms with van der Waals surface area (Å²) in [6.45, 7) is 3.83. The van der Waals surface area contributed by atoms with Crippen LogP contribution in [0.2, 0.25) is 10.0 Å². The third-order valence-corrected chi connectivity index (χ3v) is 6.23. The molecular formula is C18H22Cl2N4OS. The molecule has 8 heteroatoms. The number of hydrogen-bond donors (Lipinski definition) is 1. The van der Waals surface area contributed by atoms with Crippen molar-refractivity contribution in [1.29, 1.82) is 0 Å². The fourth-order valence-electron chi connectivity index (χ4n) is 3.23. The van der Waals surface area contributed by atoms with Gasteiger partial charge < -0.3 is 9.88 Å². The number of carbonyl (C=O) groups is 1. The number of aryl methyl sites for hydroxylation is 1. The highest BCUT2D eigenvalue weighted by molar-refractivity contribution is 8.00. The standard InChI is InChI=1S/C18H22Cl2N4OS/c1-11(17(25)21-16-10-13(19)8-9-15(16)20)26-18-23-22-12(2)24(18)14-6-4-3-5-7-14/h8-11,14H,3-7H2,1-2H3,(H,21,25)/t11-/m0/s1. The normalized spacial score (nSPS) is 16.5. The molecule has 1 fully saturated rings. The summed E-state index contributed by atoms with van der Waals surface area (Å²) in [5, 5.41) is 12.8. The number of hydrogen-bond acceptors (Lipinski definition) is 4. The van der Waals surface area contributed by atoms with E-state index in [1.807, 2.05) is 13.8 Å². The SMILES string of the molecule is Cc1nnc(S[C@@H](C)C(=O)Nc2cc(Cl)ccc2Cl)n1C1CCCCC1. The molecule has 1 aromatic heterocycles. The topological polar surface area (TPSA) is 59.8 Å². The van der Waals surface area contributed by atoms with E-state index < -0.39 is 0 Å². The van der Waals surface area contributed by atoms with Crippen LogP contribution in [0.5, 0.6) is 0 Å². The fourth-order valence-corrected chi connectivity index (χ4v) is 4.53. The summed E-state index contributed by atoms with van der Waals surface area (Å²) < 4.78 is 2.19. The van der Waals surface area contributed by atoms with E-state index in [2.05, 4.69) is 20.1 Å². The van der Waals surface area contributed by atoms with E-state index in [1.165, 1.54) is 31.0 Å². The predicted molar refractivity (Wildman–Crippen MR) is 107 cm³/mol. The van der Waals surface area contributed by atoms with Crippen molar-refractivity contribution in [2.75, 3.05) is 5.32 Å². The summed E-state index contributed by atoms with van der Waals surface area (Å²) in [5.41, 5.74) is 0.515. The maximum atomic E-state index is 12.6. The van der Waals surface area contributed by atoms with E-state index in [4.69, 9.17) is 23.2 Å². The number of aromatic nitrogens is 3. The monoisotopic (exact) mass is 412 g/mol. The lowest BCUT2D eigenvalue weighted by Crippen LogP contribution is -2.24. The van der Waals surface area contributed by atoms with Crippen molar-refractivity contribution in [3.63, 3.8) is 0 Å². The van der Waals surface area contributed by atoms with Crippen molar-refractivity contribution in [3.05, 3.63) is 34.1 Å². The average molecular weight is 413 g/mol. The number of rotatable bonds is 5. The first-order valence-corrected chi connectivity index (χ1v) is 10.4. The van der Waals surface area contributed by atoms with Crippen molar-refractivity contribution < 1.29 is 4.79 Å². The quantitative estimate of drug-likeness (QED) is 0.656. The first-order chi connectivity index (χ1) is 12.5. The largest absolute Gasteiger partial charge is 0.324 e. The number of thioether (sulfide) groups is 1. The molecule has 1 heterocycles. The molecule has 1 amide bonds. The van der Waals surface area contributed by atoms with Crippen molar-refractivity contribution >= 4 is 46.6 Å². The molecule has 26 heavy (non-hydrogen) atoms. The Hall–Kier alpha value is -1.24. The zero-order valence-corrected chi connectivity index (χ0v) is 17.2. The Labute approximate surface area is 167 Å². The molecule has 0 bridgehead atoms. The van der Waals surface area contributed by atoms with E-state index in [-0.39, 0.29) is 11.2 Å². The summed E-state index contributed by atoms with van der Waals surface area (Å²) in [7, 11) is 0. The van der Waals surface area contributed by atoms with Gasteiger partial charge in [0.05, 0.1) is 16.0 Å². The van der Waals surface area contributed by atoms with Gasteiger partial charge in [0.1, 0.15) is 5.82 Å². The van der Waals surface area contributed by atoms with Gasteiger partial charge >= 0.3 is 0 Å². The predicted octanol–water partition coefficient (Wildman–Crippen LogP) is 5.52. The number of halogens is 2. The van der Waals surface area contributed by atoms with Gasteiger partial charge in [0, 0.05) is 11.1 Å². The minimum absolute atomic E-state index is 0.144. The van der Waals surface area contributed by atoms with Gasteiger partial charge in [-0.05, 0) is 44.9 Å². The van der Waals surface area contributed by atoms with Gasteiger partial charge in [-0.25, -0.2) is 0 Å². The van der Waals surface area contributed by atoms with Crippen molar-refractivity contribution in [3.8, 4) is 0 Å².